The van der Waals surface area contributed by atoms with Crippen LogP contribution in [-0.2, 0) is 0 Å². The zero-order valence-electron chi connectivity index (χ0n) is 8.76. The van der Waals surface area contributed by atoms with E-state index in [-0.39, 0.29) is 0 Å². The minimum atomic E-state index is 0.569. The van der Waals surface area contributed by atoms with Gasteiger partial charge < -0.3 is 0 Å². The minimum Gasteiger partial charge on any atom is -0.208 e. The van der Waals surface area contributed by atoms with E-state index in [9.17, 15) is 0 Å². The van der Waals surface area contributed by atoms with E-state index in [0.29, 0.717) is 10.0 Å². The topological polar surface area (TPSA) is 17.8 Å². The van der Waals surface area contributed by atoms with Crippen molar-refractivity contribution in [2.24, 2.45) is 0 Å². The van der Waals surface area contributed by atoms with Crippen molar-refractivity contribution in [1.82, 2.24) is 7.99 Å². The highest BCUT2D eigenvalue weighted by Crippen LogP contribution is 2.32. The Morgan fingerprint density at radius 2 is 1.88 bits per heavy atom. The van der Waals surface area contributed by atoms with E-state index >= 15 is 0 Å². The first kappa shape index (κ1) is 12.2. The fourth-order valence-corrected chi connectivity index (χ4v) is 2.54. The van der Waals surface area contributed by atoms with Gasteiger partial charge in [0.25, 0.3) is 0 Å². The molecule has 0 bridgehead atoms. The maximum Gasteiger partial charge on any atom is 0.0847 e. The predicted octanol–water partition coefficient (Wildman–Crippen LogP) is 4.67. The Hall–Kier alpha value is -0.260. The van der Waals surface area contributed by atoms with Crippen LogP contribution < -0.4 is 0 Å². The van der Waals surface area contributed by atoms with Gasteiger partial charge in [-0.3, -0.25) is 0 Å². The molecule has 0 saturated carbocycles. The standard InChI is InChI=1S/C11H9Cl2IN2/c1-6-11(7(2)16(14)15-6)8-3-4-9(12)10(13)5-8/h3-5H,1-2H3. The van der Waals surface area contributed by atoms with Crippen LogP contribution in [0.2, 0.25) is 10.0 Å². The van der Waals surface area contributed by atoms with Crippen molar-refractivity contribution < 1.29 is 0 Å². The third-order valence-electron chi connectivity index (χ3n) is 2.45. The smallest absolute Gasteiger partial charge is 0.0847 e. The summed E-state index contributed by atoms with van der Waals surface area (Å²) in [5.74, 6) is 0. The summed E-state index contributed by atoms with van der Waals surface area (Å²) < 4.78 is 1.84. The van der Waals surface area contributed by atoms with Gasteiger partial charge in [0.1, 0.15) is 0 Å². The summed E-state index contributed by atoms with van der Waals surface area (Å²) >= 11 is 14.1. The largest absolute Gasteiger partial charge is 0.208 e. The molecule has 84 valence electrons. The van der Waals surface area contributed by atoms with Gasteiger partial charge >= 0.3 is 0 Å². The Balaban J connectivity index is 2.63. The maximum atomic E-state index is 6.01. The normalized spacial score (nSPS) is 10.8. The van der Waals surface area contributed by atoms with Crippen LogP contribution in [0.25, 0.3) is 11.1 Å². The van der Waals surface area contributed by atoms with Crippen LogP contribution in [0.15, 0.2) is 18.2 Å². The summed E-state index contributed by atoms with van der Waals surface area (Å²) in [7, 11) is 0. The lowest BCUT2D eigenvalue weighted by molar-refractivity contribution is 0.986. The van der Waals surface area contributed by atoms with E-state index in [1.54, 1.807) is 0 Å². The van der Waals surface area contributed by atoms with Crippen molar-refractivity contribution in [3.05, 3.63) is 39.6 Å². The fourth-order valence-electron chi connectivity index (χ4n) is 1.68. The van der Waals surface area contributed by atoms with Gasteiger partial charge in [-0.15, -0.1) is 0 Å². The molecule has 0 spiro atoms. The van der Waals surface area contributed by atoms with Crippen LogP contribution in [0.5, 0.6) is 0 Å². The average molecular weight is 367 g/mol. The molecule has 1 aromatic heterocycles. The van der Waals surface area contributed by atoms with E-state index in [1.807, 2.05) is 34.9 Å². The molecule has 0 saturated heterocycles. The fraction of sp³-hybridized carbons (Fsp3) is 0.182. The van der Waals surface area contributed by atoms with E-state index in [0.717, 1.165) is 22.5 Å². The lowest BCUT2D eigenvalue weighted by Gasteiger charge is -2.03. The maximum absolute atomic E-state index is 6.01. The number of rotatable bonds is 1. The van der Waals surface area contributed by atoms with E-state index in [1.165, 1.54) is 0 Å². The van der Waals surface area contributed by atoms with Gasteiger partial charge in [0.05, 0.1) is 44.3 Å². The molecule has 2 nitrogen and oxygen atoms in total. The van der Waals surface area contributed by atoms with Crippen LogP contribution in [-0.4, -0.2) is 7.99 Å². The summed E-state index contributed by atoms with van der Waals surface area (Å²) in [5, 5.41) is 5.51. The van der Waals surface area contributed by atoms with Crippen molar-refractivity contribution in [2.45, 2.75) is 13.8 Å². The summed E-state index contributed by atoms with van der Waals surface area (Å²) in [6, 6.07) is 5.64. The van der Waals surface area contributed by atoms with Gasteiger partial charge in [0.2, 0.25) is 0 Å². The van der Waals surface area contributed by atoms with Gasteiger partial charge in [0.15, 0.2) is 0 Å². The van der Waals surface area contributed by atoms with Crippen LogP contribution in [0.1, 0.15) is 11.4 Å². The molecule has 16 heavy (non-hydrogen) atoms. The second-order valence-corrected chi connectivity index (χ2v) is 5.26. The molecule has 0 aliphatic carbocycles. The number of aryl methyl sites for hydroxylation is 1. The number of halogens is 3. The Labute approximate surface area is 118 Å². The van der Waals surface area contributed by atoms with Gasteiger partial charge in [-0.2, -0.15) is 5.10 Å². The zero-order chi connectivity index (χ0) is 11.9. The predicted molar refractivity (Wildman–Crippen MR) is 76.6 cm³/mol. The summed E-state index contributed by atoms with van der Waals surface area (Å²) in [5.41, 5.74) is 4.27. The van der Waals surface area contributed by atoms with Gasteiger partial charge in [-0.05, 0) is 31.5 Å². The molecule has 1 aromatic carbocycles. The molecule has 0 aliphatic heterocycles. The third-order valence-corrected chi connectivity index (χ3v) is 4.12. The summed E-state index contributed by atoms with van der Waals surface area (Å²) in [6.07, 6.45) is 0. The number of nitrogens with zero attached hydrogens (tertiary/aromatic N) is 2. The Kier molecular flexibility index (Phi) is 3.47. The van der Waals surface area contributed by atoms with E-state index < -0.39 is 0 Å². The second kappa shape index (κ2) is 4.55. The molecule has 2 aromatic rings. The number of hydrogen-bond donors (Lipinski definition) is 0. The minimum absolute atomic E-state index is 0.569. The molecule has 0 radical (unpaired) electrons. The Morgan fingerprint density at radius 1 is 1.19 bits per heavy atom. The first-order valence-corrected chi connectivity index (χ1v) is 6.40. The quantitative estimate of drug-likeness (QED) is 0.670. The molecule has 5 heteroatoms. The summed E-state index contributed by atoms with van der Waals surface area (Å²) in [4.78, 5) is 0. The molecule has 0 aliphatic rings. The molecule has 1 heterocycles. The monoisotopic (exact) mass is 366 g/mol. The lowest BCUT2D eigenvalue weighted by atomic mass is 10.0. The van der Waals surface area contributed by atoms with Crippen molar-refractivity contribution in [2.75, 3.05) is 0 Å². The zero-order valence-corrected chi connectivity index (χ0v) is 12.4. The van der Waals surface area contributed by atoms with Crippen molar-refractivity contribution in [1.29, 1.82) is 0 Å². The lowest BCUT2D eigenvalue weighted by Crippen LogP contribution is -1.85. The number of benzene rings is 1. The molecular formula is C11H9Cl2IN2. The van der Waals surface area contributed by atoms with Crippen molar-refractivity contribution >= 4 is 46.1 Å². The first-order valence-electron chi connectivity index (χ1n) is 4.68. The highest BCUT2D eigenvalue weighted by molar-refractivity contribution is 14.1. The second-order valence-electron chi connectivity index (χ2n) is 3.53. The van der Waals surface area contributed by atoms with Crippen molar-refractivity contribution in [3.63, 3.8) is 0 Å². The van der Waals surface area contributed by atoms with Crippen LogP contribution in [0.3, 0.4) is 0 Å². The van der Waals surface area contributed by atoms with Gasteiger partial charge in [-0.25, -0.2) is 2.90 Å². The van der Waals surface area contributed by atoms with Crippen LogP contribution >= 0.6 is 46.1 Å². The Bertz CT molecular complexity index is 549. The first-order chi connectivity index (χ1) is 7.50. The molecule has 2 rings (SSSR count). The van der Waals surface area contributed by atoms with E-state index in [2.05, 4.69) is 28.0 Å². The van der Waals surface area contributed by atoms with Crippen LogP contribution in [0, 0.1) is 13.8 Å². The molecular weight excluding hydrogens is 358 g/mol. The highest BCUT2D eigenvalue weighted by Gasteiger charge is 2.13. The molecule has 0 fully saturated rings. The van der Waals surface area contributed by atoms with Gasteiger partial charge in [-0.1, -0.05) is 29.3 Å². The molecule has 0 N–H and O–H groups in total. The molecule has 0 amide bonds. The SMILES string of the molecule is Cc1nn(I)c(C)c1-c1ccc(Cl)c(Cl)c1. The van der Waals surface area contributed by atoms with Gasteiger partial charge in [0, 0.05) is 5.56 Å². The van der Waals surface area contributed by atoms with E-state index in [4.69, 9.17) is 23.2 Å². The van der Waals surface area contributed by atoms with Crippen molar-refractivity contribution in [3.8, 4) is 11.1 Å². The molecule has 0 atom stereocenters. The summed E-state index contributed by atoms with van der Waals surface area (Å²) in [6.45, 7) is 4.02. The Morgan fingerprint density at radius 3 is 2.38 bits per heavy atom. The van der Waals surface area contributed by atoms with Crippen LogP contribution in [0.4, 0.5) is 0 Å². The highest BCUT2D eigenvalue weighted by atomic mass is 127. The third kappa shape index (κ3) is 2.08. The number of aromatic nitrogens is 2. The number of hydrogen-bond acceptors (Lipinski definition) is 1. The molecule has 0 unspecified atom stereocenters. The average Bonchev–Trinajstić information content (AvgIpc) is 2.47.